The zero-order valence-electron chi connectivity index (χ0n) is 24.8. The zero-order valence-corrected chi connectivity index (χ0v) is 24.8. The highest BCUT2D eigenvalue weighted by Crippen LogP contribution is 2.71. The Morgan fingerprint density at radius 3 is 2.51 bits per heavy atom. The fraction of sp³-hybridized carbons (Fsp3) is 0.939. The lowest BCUT2D eigenvalue weighted by Gasteiger charge is -2.47. The average molecular weight is 572 g/mol. The van der Waals surface area contributed by atoms with Gasteiger partial charge in [0.1, 0.15) is 5.60 Å². The molecule has 6 bridgehead atoms. The highest BCUT2D eigenvalue weighted by molar-refractivity contribution is 5.83. The molecule has 0 aromatic rings. The average Bonchev–Trinajstić information content (AvgIpc) is 3.83. The lowest BCUT2D eigenvalue weighted by molar-refractivity contribution is -0.189. The Bertz CT molecular complexity index is 1030. The molecule has 0 radical (unpaired) electrons. The van der Waals surface area contributed by atoms with Gasteiger partial charge < -0.3 is 23.7 Å². The largest absolute Gasteiger partial charge is 0.465 e. The summed E-state index contributed by atoms with van der Waals surface area (Å²) in [5, 5.41) is 0. The molecule has 0 amide bonds. The Balaban J connectivity index is 0.944. The van der Waals surface area contributed by atoms with E-state index in [9.17, 15) is 9.59 Å². The van der Waals surface area contributed by atoms with E-state index >= 15 is 0 Å². The van der Waals surface area contributed by atoms with Gasteiger partial charge in [0.25, 0.3) is 0 Å². The second-order valence-electron chi connectivity index (χ2n) is 14.9. The first-order valence-electron chi connectivity index (χ1n) is 16.9. The third kappa shape index (κ3) is 4.20. The molecular formula is C33H49NO7. The molecule has 41 heavy (non-hydrogen) atoms. The number of hydrogen-bond acceptors (Lipinski definition) is 8. The van der Waals surface area contributed by atoms with Crippen LogP contribution in [0.15, 0.2) is 0 Å². The minimum Gasteiger partial charge on any atom is -0.465 e. The van der Waals surface area contributed by atoms with Crippen LogP contribution < -0.4 is 0 Å². The van der Waals surface area contributed by atoms with E-state index in [1.165, 1.54) is 25.7 Å². The third-order valence-electron chi connectivity index (χ3n) is 13.6. The van der Waals surface area contributed by atoms with Gasteiger partial charge in [-0.25, -0.2) is 0 Å². The van der Waals surface area contributed by atoms with Crippen molar-refractivity contribution in [3.05, 3.63) is 0 Å². The van der Waals surface area contributed by atoms with Crippen LogP contribution in [0.5, 0.6) is 0 Å². The number of esters is 2. The lowest BCUT2D eigenvalue weighted by Crippen LogP contribution is -2.52. The quantitative estimate of drug-likeness (QED) is 0.223. The van der Waals surface area contributed by atoms with Crippen molar-refractivity contribution in [1.29, 1.82) is 0 Å². The Hall–Kier alpha value is -1.22. The van der Waals surface area contributed by atoms with Crippen LogP contribution in [0.25, 0.3) is 0 Å². The van der Waals surface area contributed by atoms with Crippen LogP contribution in [0.1, 0.15) is 64.7 Å². The van der Waals surface area contributed by atoms with Crippen LogP contribution >= 0.6 is 0 Å². The number of morpholine rings is 1. The van der Waals surface area contributed by atoms with Crippen molar-refractivity contribution in [3.8, 4) is 0 Å². The SMILES string of the molecule is CCC1(OC(=O)C2C(OCCOCCN3CCOCC3)C3CC2C2(CCOC2=O)C3)CC2CC1C1C3CCC(C3)C21. The summed E-state index contributed by atoms with van der Waals surface area (Å²) in [6, 6.07) is 0. The molecule has 0 aromatic heterocycles. The molecule has 0 aromatic carbocycles. The van der Waals surface area contributed by atoms with Crippen LogP contribution in [0, 0.1) is 58.7 Å². The first kappa shape index (κ1) is 27.3. The zero-order chi connectivity index (χ0) is 27.8. The van der Waals surface area contributed by atoms with Gasteiger partial charge in [0, 0.05) is 25.6 Å². The van der Waals surface area contributed by atoms with E-state index in [4.69, 9.17) is 23.7 Å². The molecule has 228 valence electrons. The van der Waals surface area contributed by atoms with E-state index in [-0.39, 0.29) is 41.4 Å². The molecule has 8 nitrogen and oxygen atoms in total. The fourth-order valence-electron chi connectivity index (χ4n) is 12.1. The molecule has 1 spiro atoms. The van der Waals surface area contributed by atoms with E-state index in [1.807, 2.05) is 0 Å². The van der Waals surface area contributed by atoms with Crippen molar-refractivity contribution in [3.63, 3.8) is 0 Å². The van der Waals surface area contributed by atoms with Crippen molar-refractivity contribution in [2.24, 2.45) is 58.7 Å². The highest BCUT2D eigenvalue weighted by Gasteiger charge is 2.71. The van der Waals surface area contributed by atoms with Gasteiger partial charge in [-0.15, -0.1) is 0 Å². The van der Waals surface area contributed by atoms with Gasteiger partial charge in [0.15, 0.2) is 0 Å². The van der Waals surface area contributed by atoms with Crippen molar-refractivity contribution in [2.45, 2.75) is 76.4 Å². The van der Waals surface area contributed by atoms with Gasteiger partial charge in [-0.3, -0.25) is 14.5 Å². The van der Waals surface area contributed by atoms with Gasteiger partial charge >= 0.3 is 11.9 Å². The standard InChI is InChI=1S/C33H49NO7/c1-2-33(19-22-16-25(33)27-21-4-3-20(15-21)26(22)27)41-30(35)28-24-17-23(18-32(24)5-9-40-31(32)36)29(28)39-14-13-38-12-8-34-6-10-37-11-7-34/h20-29H,2-19H2,1H3. The summed E-state index contributed by atoms with van der Waals surface area (Å²) in [6.45, 7) is 8.77. The minimum absolute atomic E-state index is 0.0371. The topological polar surface area (TPSA) is 83.5 Å². The van der Waals surface area contributed by atoms with Gasteiger partial charge in [0.2, 0.25) is 0 Å². The summed E-state index contributed by atoms with van der Waals surface area (Å²) in [7, 11) is 0. The molecule has 2 saturated heterocycles. The van der Waals surface area contributed by atoms with Crippen LogP contribution in [0.2, 0.25) is 0 Å². The van der Waals surface area contributed by atoms with Crippen molar-refractivity contribution in [2.75, 3.05) is 59.3 Å². The van der Waals surface area contributed by atoms with Gasteiger partial charge in [0.05, 0.1) is 57.1 Å². The maximum Gasteiger partial charge on any atom is 0.312 e. The number of rotatable bonds is 10. The summed E-state index contributed by atoms with van der Waals surface area (Å²) in [5.41, 5.74) is -0.849. The van der Waals surface area contributed by atoms with Crippen LogP contribution in [0.3, 0.4) is 0 Å². The molecule has 2 aliphatic heterocycles. The second-order valence-corrected chi connectivity index (χ2v) is 14.9. The predicted octanol–water partition coefficient (Wildman–Crippen LogP) is 3.70. The molecular weight excluding hydrogens is 522 g/mol. The molecule has 12 atom stereocenters. The fourth-order valence-corrected chi connectivity index (χ4v) is 12.1. The number of carbonyl (C=O) groups excluding carboxylic acids is 2. The second kappa shape index (κ2) is 10.4. The van der Waals surface area contributed by atoms with E-state index in [0.29, 0.717) is 32.3 Å². The van der Waals surface area contributed by atoms with Gasteiger partial charge in [-0.1, -0.05) is 6.92 Å². The number of fused-ring (bicyclic) bond motifs is 12. The molecule has 8 heteroatoms. The van der Waals surface area contributed by atoms with Crippen LogP contribution in [-0.4, -0.2) is 87.8 Å². The summed E-state index contributed by atoms with van der Waals surface area (Å²) in [4.78, 5) is 29.8. The van der Waals surface area contributed by atoms with Crippen molar-refractivity contribution >= 4 is 11.9 Å². The van der Waals surface area contributed by atoms with E-state index in [2.05, 4.69) is 11.8 Å². The van der Waals surface area contributed by atoms with Crippen molar-refractivity contribution in [1.82, 2.24) is 4.90 Å². The van der Waals surface area contributed by atoms with Gasteiger partial charge in [-0.05, 0) is 99.2 Å². The Morgan fingerprint density at radius 1 is 0.927 bits per heavy atom. The highest BCUT2D eigenvalue weighted by atomic mass is 16.6. The molecule has 8 rings (SSSR count). The molecule has 8 fully saturated rings. The van der Waals surface area contributed by atoms with Crippen LogP contribution in [-0.2, 0) is 33.3 Å². The Morgan fingerprint density at radius 2 is 1.73 bits per heavy atom. The predicted molar refractivity (Wildman–Crippen MR) is 149 cm³/mol. The summed E-state index contributed by atoms with van der Waals surface area (Å²) in [5.74, 6) is 4.26. The first-order chi connectivity index (χ1) is 20.0. The summed E-state index contributed by atoms with van der Waals surface area (Å²) >= 11 is 0. The van der Waals surface area contributed by atoms with E-state index < -0.39 is 5.41 Å². The van der Waals surface area contributed by atoms with Crippen molar-refractivity contribution < 1.29 is 33.3 Å². The number of nitrogens with zero attached hydrogens (tertiary/aromatic N) is 1. The molecule has 12 unspecified atom stereocenters. The third-order valence-corrected chi connectivity index (χ3v) is 13.6. The monoisotopic (exact) mass is 571 g/mol. The normalized spacial score (nSPS) is 49.3. The smallest absolute Gasteiger partial charge is 0.312 e. The number of ether oxygens (including phenoxy) is 5. The molecule has 6 saturated carbocycles. The summed E-state index contributed by atoms with van der Waals surface area (Å²) in [6.07, 6.45) is 9.57. The molecule has 8 aliphatic rings. The molecule has 0 N–H and O–H groups in total. The van der Waals surface area contributed by atoms with E-state index in [0.717, 1.165) is 94.5 Å². The van der Waals surface area contributed by atoms with Crippen LogP contribution in [0.4, 0.5) is 0 Å². The lowest BCUT2D eigenvalue weighted by atomic mass is 9.64. The summed E-state index contributed by atoms with van der Waals surface area (Å²) < 4.78 is 30.1. The van der Waals surface area contributed by atoms with Gasteiger partial charge in [-0.2, -0.15) is 0 Å². The Labute approximate surface area is 244 Å². The first-order valence-corrected chi connectivity index (χ1v) is 16.9. The number of hydrogen-bond donors (Lipinski definition) is 0. The Kier molecular flexibility index (Phi) is 6.97. The maximum absolute atomic E-state index is 14.3. The molecule has 2 heterocycles. The van der Waals surface area contributed by atoms with E-state index in [1.54, 1.807) is 0 Å². The molecule has 6 aliphatic carbocycles. The number of cyclic esters (lactones) is 1. The maximum atomic E-state index is 14.3. The number of carbonyl (C=O) groups is 2. The minimum atomic E-state index is -0.521.